The molecule has 0 heterocycles. The molecule has 0 saturated carbocycles. The van der Waals surface area contributed by atoms with Crippen LogP contribution in [-0.4, -0.2) is 22.1 Å². The van der Waals surface area contributed by atoms with Gasteiger partial charge in [0.2, 0.25) is 0 Å². The largest absolute Gasteiger partial charge is 0.479 e. The summed E-state index contributed by atoms with van der Waals surface area (Å²) in [5.74, 6) is -1.12. The van der Waals surface area contributed by atoms with E-state index in [9.17, 15) is 14.9 Å². The number of nitro groups is 1. The molecule has 0 amide bonds. The van der Waals surface area contributed by atoms with Crippen LogP contribution in [0.2, 0.25) is 5.02 Å². The second-order valence-electron chi connectivity index (χ2n) is 3.61. The van der Waals surface area contributed by atoms with E-state index in [4.69, 9.17) is 21.4 Å². The van der Waals surface area contributed by atoms with Crippen molar-refractivity contribution in [1.82, 2.24) is 0 Å². The zero-order valence-electron chi connectivity index (χ0n) is 9.63. The first-order chi connectivity index (χ1) is 8.45. The van der Waals surface area contributed by atoms with E-state index >= 15 is 0 Å². The van der Waals surface area contributed by atoms with Gasteiger partial charge in [0.1, 0.15) is 5.75 Å². The van der Waals surface area contributed by atoms with E-state index in [1.165, 1.54) is 12.1 Å². The number of aliphatic carboxylic acids is 1. The molecule has 0 aromatic heterocycles. The van der Waals surface area contributed by atoms with Crippen LogP contribution in [0.3, 0.4) is 0 Å². The summed E-state index contributed by atoms with van der Waals surface area (Å²) in [5, 5.41) is 19.7. The van der Waals surface area contributed by atoms with E-state index < -0.39 is 17.0 Å². The van der Waals surface area contributed by atoms with Crippen molar-refractivity contribution in [2.45, 2.75) is 25.9 Å². The number of ether oxygens (including phenoxy) is 1. The first-order valence-electron chi connectivity index (χ1n) is 5.29. The van der Waals surface area contributed by atoms with Gasteiger partial charge < -0.3 is 9.84 Å². The molecule has 0 aliphatic carbocycles. The molecule has 1 aromatic carbocycles. The number of nitro benzene ring substituents is 1. The lowest BCUT2D eigenvalue weighted by atomic mass is 10.2. The van der Waals surface area contributed by atoms with Crippen LogP contribution in [-0.2, 0) is 4.79 Å². The van der Waals surface area contributed by atoms with Crippen LogP contribution in [0, 0.1) is 10.1 Å². The average molecular weight is 274 g/mol. The van der Waals surface area contributed by atoms with Gasteiger partial charge in [-0.3, -0.25) is 10.1 Å². The Morgan fingerprint density at radius 3 is 2.78 bits per heavy atom. The lowest BCUT2D eigenvalue weighted by Crippen LogP contribution is -2.26. The molecule has 1 atom stereocenters. The van der Waals surface area contributed by atoms with Crippen LogP contribution in [0.4, 0.5) is 5.69 Å². The molecule has 6 nitrogen and oxygen atoms in total. The topological polar surface area (TPSA) is 89.7 Å². The zero-order chi connectivity index (χ0) is 13.7. The highest BCUT2D eigenvalue weighted by atomic mass is 35.5. The summed E-state index contributed by atoms with van der Waals surface area (Å²) >= 11 is 5.81. The van der Waals surface area contributed by atoms with Gasteiger partial charge >= 0.3 is 5.97 Å². The molecule has 0 fully saturated rings. The molecule has 0 saturated heterocycles. The van der Waals surface area contributed by atoms with E-state index in [0.717, 1.165) is 6.07 Å². The van der Waals surface area contributed by atoms with Gasteiger partial charge in [-0.15, -0.1) is 0 Å². The second kappa shape index (κ2) is 6.20. The number of rotatable bonds is 6. The van der Waals surface area contributed by atoms with E-state index in [2.05, 4.69) is 0 Å². The minimum absolute atomic E-state index is 0.00622. The van der Waals surface area contributed by atoms with Crippen LogP contribution in [0.15, 0.2) is 18.2 Å². The number of nitrogens with zero attached hydrogens (tertiary/aromatic N) is 1. The number of non-ortho nitro benzene ring substituents is 1. The molecule has 0 aliphatic rings. The van der Waals surface area contributed by atoms with Gasteiger partial charge in [0.25, 0.3) is 5.69 Å². The Balaban J connectivity index is 2.97. The van der Waals surface area contributed by atoms with Crippen molar-refractivity contribution in [3.05, 3.63) is 33.3 Å². The summed E-state index contributed by atoms with van der Waals surface area (Å²) in [6, 6.07) is 3.65. The van der Waals surface area contributed by atoms with Gasteiger partial charge in [-0.05, 0) is 12.5 Å². The molecular formula is C11H12ClNO5. The van der Waals surface area contributed by atoms with Crippen molar-refractivity contribution in [2.75, 3.05) is 0 Å². The fourth-order valence-electron chi connectivity index (χ4n) is 1.34. The Hall–Kier alpha value is -1.82. The van der Waals surface area contributed by atoms with Gasteiger partial charge in [0, 0.05) is 6.07 Å². The first kappa shape index (κ1) is 14.2. The predicted octanol–water partition coefficient (Wildman–Crippen LogP) is 2.88. The quantitative estimate of drug-likeness (QED) is 0.636. The Kier molecular flexibility index (Phi) is 4.91. The van der Waals surface area contributed by atoms with E-state index in [1.807, 2.05) is 6.92 Å². The predicted molar refractivity (Wildman–Crippen MR) is 65.1 cm³/mol. The number of hydrogen-bond donors (Lipinski definition) is 1. The highest BCUT2D eigenvalue weighted by Gasteiger charge is 2.21. The van der Waals surface area contributed by atoms with Gasteiger partial charge in [-0.2, -0.15) is 0 Å². The molecule has 1 aromatic rings. The Morgan fingerprint density at radius 2 is 2.28 bits per heavy atom. The van der Waals surface area contributed by atoms with Crippen LogP contribution in [0.1, 0.15) is 19.8 Å². The van der Waals surface area contributed by atoms with Crippen molar-refractivity contribution >= 4 is 23.3 Å². The highest BCUT2D eigenvalue weighted by Crippen LogP contribution is 2.30. The van der Waals surface area contributed by atoms with Crippen molar-refractivity contribution in [2.24, 2.45) is 0 Å². The van der Waals surface area contributed by atoms with Crippen LogP contribution in [0.5, 0.6) is 5.75 Å². The van der Waals surface area contributed by atoms with Gasteiger partial charge in [-0.1, -0.05) is 24.9 Å². The van der Waals surface area contributed by atoms with Crippen molar-refractivity contribution in [3.8, 4) is 5.75 Å². The molecular weight excluding hydrogens is 262 g/mol. The zero-order valence-corrected chi connectivity index (χ0v) is 10.4. The fraction of sp³-hybridized carbons (Fsp3) is 0.364. The monoisotopic (exact) mass is 273 g/mol. The third-order valence-electron chi connectivity index (χ3n) is 2.22. The summed E-state index contributed by atoms with van der Waals surface area (Å²) in [4.78, 5) is 20.9. The number of carbonyl (C=O) groups is 1. The van der Waals surface area contributed by atoms with Crippen LogP contribution in [0.25, 0.3) is 0 Å². The maximum Gasteiger partial charge on any atom is 0.344 e. The highest BCUT2D eigenvalue weighted by molar-refractivity contribution is 6.32. The summed E-state index contributed by atoms with van der Waals surface area (Å²) in [5.41, 5.74) is -0.199. The summed E-state index contributed by atoms with van der Waals surface area (Å²) < 4.78 is 5.20. The number of carboxylic acids is 1. The maximum atomic E-state index is 10.9. The first-order valence-corrected chi connectivity index (χ1v) is 5.67. The van der Waals surface area contributed by atoms with Crippen LogP contribution < -0.4 is 4.74 Å². The molecule has 1 rings (SSSR count). The molecule has 1 N–H and O–H groups in total. The SMILES string of the molecule is CCCC(Oc1cc([N+](=O)[O-])ccc1Cl)C(=O)O. The van der Waals surface area contributed by atoms with E-state index in [1.54, 1.807) is 0 Å². The normalized spacial score (nSPS) is 11.9. The second-order valence-corrected chi connectivity index (χ2v) is 4.01. The standard InChI is InChI=1S/C11H12ClNO5/c1-2-3-9(11(14)15)18-10-6-7(13(16)17)4-5-8(10)12/h4-6,9H,2-3H2,1H3,(H,14,15). The smallest absolute Gasteiger partial charge is 0.344 e. The maximum absolute atomic E-state index is 10.9. The summed E-state index contributed by atoms with van der Waals surface area (Å²) in [7, 11) is 0. The Morgan fingerprint density at radius 1 is 1.61 bits per heavy atom. The van der Waals surface area contributed by atoms with E-state index in [-0.39, 0.29) is 16.5 Å². The fourth-order valence-corrected chi connectivity index (χ4v) is 1.51. The van der Waals surface area contributed by atoms with Gasteiger partial charge in [-0.25, -0.2) is 4.79 Å². The van der Waals surface area contributed by atoms with Crippen molar-refractivity contribution in [3.63, 3.8) is 0 Å². The van der Waals surface area contributed by atoms with Gasteiger partial charge in [0.05, 0.1) is 16.0 Å². The molecule has 0 aliphatic heterocycles. The lowest BCUT2D eigenvalue weighted by molar-refractivity contribution is -0.384. The number of hydrogen-bond acceptors (Lipinski definition) is 4. The molecule has 0 bridgehead atoms. The molecule has 18 heavy (non-hydrogen) atoms. The summed E-state index contributed by atoms with van der Waals surface area (Å²) in [6.45, 7) is 1.81. The number of benzene rings is 1. The van der Waals surface area contributed by atoms with Crippen LogP contribution >= 0.6 is 11.6 Å². The third-order valence-corrected chi connectivity index (χ3v) is 2.53. The molecule has 0 spiro atoms. The average Bonchev–Trinajstić information content (AvgIpc) is 2.30. The number of halogens is 1. The van der Waals surface area contributed by atoms with Crippen molar-refractivity contribution in [1.29, 1.82) is 0 Å². The molecule has 0 radical (unpaired) electrons. The molecule has 1 unspecified atom stereocenters. The molecule has 98 valence electrons. The minimum Gasteiger partial charge on any atom is -0.479 e. The Bertz CT molecular complexity index is 463. The summed E-state index contributed by atoms with van der Waals surface area (Å²) in [6.07, 6.45) is -0.146. The number of carboxylic acid groups (broad SMARTS) is 1. The van der Waals surface area contributed by atoms with Crippen molar-refractivity contribution < 1.29 is 19.6 Å². The third kappa shape index (κ3) is 3.59. The molecule has 7 heteroatoms. The van der Waals surface area contributed by atoms with Gasteiger partial charge in [0.15, 0.2) is 6.10 Å². The lowest BCUT2D eigenvalue weighted by Gasteiger charge is -2.14. The Labute approximate surface area is 108 Å². The minimum atomic E-state index is -1.13. The van der Waals surface area contributed by atoms with E-state index in [0.29, 0.717) is 12.8 Å².